The third-order valence-electron chi connectivity index (χ3n) is 3.41. The number of thioether (sulfide) groups is 1. The van der Waals surface area contributed by atoms with Crippen molar-refractivity contribution >= 4 is 35.0 Å². The molecule has 0 aromatic heterocycles. The molecule has 1 fully saturated rings. The van der Waals surface area contributed by atoms with Gasteiger partial charge in [-0.3, -0.25) is 0 Å². The van der Waals surface area contributed by atoms with Crippen LogP contribution in [0.15, 0.2) is 23.1 Å². The zero-order valence-electron chi connectivity index (χ0n) is 10.2. The first kappa shape index (κ1) is 14.5. The lowest BCUT2D eigenvalue weighted by molar-refractivity contribution is 0.166. The van der Waals surface area contributed by atoms with Gasteiger partial charge in [0.25, 0.3) is 0 Å². The summed E-state index contributed by atoms with van der Waals surface area (Å²) in [7, 11) is 0. The molecule has 1 aliphatic carbocycles. The Hall–Kier alpha value is 0.110. The van der Waals surface area contributed by atoms with Crippen LogP contribution >= 0.6 is 35.0 Å². The standard InChI is InChI=1S/C14H18Cl2OS/c15-13-6-5-12(8-14(13)16)18-9-11(17)7-10-3-1-2-4-10/h5-6,8,10-11,17H,1-4,7,9H2. The molecule has 0 amide bonds. The van der Waals surface area contributed by atoms with Crippen molar-refractivity contribution in [3.05, 3.63) is 28.2 Å². The highest BCUT2D eigenvalue weighted by Gasteiger charge is 2.18. The molecule has 1 atom stereocenters. The van der Waals surface area contributed by atoms with Crippen LogP contribution in [0.1, 0.15) is 32.1 Å². The van der Waals surface area contributed by atoms with E-state index in [-0.39, 0.29) is 6.10 Å². The van der Waals surface area contributed by atoms with Crippen LogP contribution in [0, 0.1) is 5.92 Å². The fourth-order valence-electron chi connectivity index (χ4n) is 2.46. The zero-order valence-corrected chi connectivity index (χ0v) is 12.6. The smallest absolute Gasteiger partial charge is 0.0636 e. The molecule has 18 heavy (non-hydrogen) atoms. The molecule has 1 aromatic carbocycles. The second-order valence-electron chi connectivity index (χ2n) is 4.93. The Balaban J connectivity index is 1.77. The minimum Gasteiger partial charge on any atom is -0.392 e. The molecule has 1 nitrogen and oxygen atoms in total. The molecule has 1 unspecified atom stereocenters. The third kappa shape index (κ3) is 4.34. The molecule has 100 valence electrons. The van der Waals surface area contributed by atoms with E-state index in [1.54, 1.807) is 17.8 Å². The summed E-state index contributed by atoms with van der Waals surface area (Å²) < 4.78 is 0. The van der Waals surface area contributed by atoms with Gasteiger partial charge in [-0.15, -0.1) is 11.8 Å². The summed E-state index contributed by atoms with van der Waals surface area (Å²) in [4.78, 5) is 1.06. The van der Waals surface area contributed by atoms with Crippen molar-refractivity contribution in [2.75, 3.05) is 5.75 Å². The number of aliphatic hydroxyl groups is 1. The van der Waals surface area contributed by atoms with Crippen LogP contribution in [-0.2, 0) is 0 Å². The van der Waals surface area contributed by atoms with Crippen LogP contribution in [0.25, 0.3) is 0 Å². The quantitative estimate of drug-likeness (QED) is 0.770. The average Bonchev–Trinajstić information content (AvgIpc) is 2.83. The summed E-state index contributed by atoms with van der Waals surface area (Å²) in [5.41, 5.74) is 0. The Morgan fingerprint density at radius 1 is 1.22 bits per heavy atom. The maximum atomic E-state index is 10.0. The third-order valence-corrected chi connectivity index (χ3v) is 5.29. The Morgan fingerprint density at radius 3 is 2.61 bits per heavy atom. The van der Waals surface area contributed by atoms with Gasteiger partial charge in [-0.2, -0.15) is 0 Å². The van der Waals surface area contributed by atoms with Gasteiger partial charge in [-0.05, 0) is 30.5 Å². The van der Waals surface area contributed by atoms with Crippen molar-refractivity contribution in [1.82, 2.24) is 0 Å². The van der Waals surface area contributed by atoms with Gasteiger partial charge in [0.15, 0.2) is 0 Å². The van der Waals surface area contributed by atoms with Gasteiger partial charge in [0.1, 0.15) is 0 Å². The molecule has 0 aliphatic heterocycles. The molecule has 1 saturated carbocycles. The normalized spacial score (nSPS) is 18.2. The summed E-state index contributed by atoms with van der Waals surface area (Å²) in [5, 5.41) is 11.2. The molecule has 0 radical (unpaired) electrons. The lowest BCUT2D eigenvalue weighted by atomic mass is 10.0. The fourth-order valence-corrected chi connectivity index (χ4v) is 3.71. The summed E-state index contributed by atoms with van der Waals surface area (Å²) in [6, 6.07) is 5.60. The van der Waals surface area contributed by atoms with Crippen LogP contribution in [0.3, 0.4) is 0 Å². The Bertz CT molecular complexity index is 391. The first-order chi connectivity index (χ1) is 8.65. The Labute approximate surface area is 123 Å². The predicted octanol–water partition coefficient (Wildman–Crippen LogP) is 5.03. The lowest BCUT2D eigenvalue weighted by Gasteiger charge is -2.15. The summed E-state index contributed by atoms with van der Waals surface area (Å²) in [6.45, 7) is 0. The number of aliphatic hydroxyl groups excluding tert-OH is 1. The molecule has 2 rings (SSSR count). The molecule has 0 bridgehead atoms. The highest BCUT2D eigenvalue weighted by Crippen LogP contribution is 2.31. The van der Waals surface area contributed by atoms with E-state index in [9.17, 15) is 5.11 Å². The number of hydrogen-bond acceptors (Lipinski definition) is 2. The van der Waals surface area contributed by atoms with E-state index in [4.69, 9.17) is 23.2 Å². The van der Waals surface area contributed by atoms with Crippen LogP contribution in [0.4, 0.5) is 0 Å². The van der Waals surface area contributed by atoms with E-state index in [2.05, 4.69) is 0 Å². The van der Waals surface area contributed by atoms with Crippen molar-refractivity contribution < 1.29 is 5.11 Å². The molecular formula is C14H18Cl2OS. The van der Waals surface area contributed by atoms with Crippen LogP contribution in [-0.4, -0.2) is 17.0 Å². The fraction of sp³-hybridized carbons (Fsp3) is 0.571. The van der Waals surface area contributed by atoms with Crippen molar-refractivity contribution in [1.29, 1.82) is 0 Å². The van der Waals surface area contributed by atoms with Crippen molar-refractivity contribution in [3.63, 3.8) is 0 Å². The van der Waals surface area contributed by atoms with Crippen molar-refractivity contribution in [2.24, 2.45) is 5.92 Å². The van der Waals surface area contributed by atoms with Gasteiger partial charge in [-0.1, -0.05) is 48.9 Å². The molecular weight excluding hydrogens is 287 g/mol. The summed E-state index contributed by atoms with van der Waals surface area (Å²) in [6.07, 6.45) is 5.96. The van der Waals surface area contributed by atoms with Gasteiger partial charge in [-0.25, -0.2) is 0 Å². The predicted molar refractivity (Wildman–Crippen MR) is 79.8 cm³/mol. The summed E-state index contributed by atoms with van der Waals surface area (Å²) >= 11 is 13.5. The number of halogens is 2. The van der Waals surface area contributed by atoms with Gasteiger partial charge in [0.05, 0.1) is 16.1 Å². The zero-order chi connectivity index (χ0) is 13.0. The highest BCUT2D eigenvalue weighted by atomic mass is 35.5. The molecule has 4 heteroatoms. The molecule has 1 aromatic rings. The summed E-state index contributed by atoms with van der Waals surface area (Å²) in [5.74, 6) is 1.46. The second kappa shape index (κ2) is 7.04. The molecule has 0 saturated heterocycles. The molecule has 0 heterocycles. The van der Waals surface area contributed by atoms with Crippen LogP contribution < -0.4 is 0 Å². The van der Waals surface area contributed by atoms with Crippen LogP contribution in [0.2, 0.25) is 10.0 Å². The van der Waals surface area contributed by atoms with Crippen LogP contribution in [0.5, 0.6) is 0 Å². The van der Waals surface area contributed by atoms with E-state index < -0.39 is 0 Å². The number of rotatable bonds is 5. The van der Waals surface area contributed by atoms with E-state index in [0.717, 1.165) is 23.0 Å². The lowest BCUT2D eigenvalue weighted by Crippen LogP contribution is -2.14. The van der Waals surface area contributed by atoms with Gasteiger partial charge in [0, 0.05) is 10.6 Å². The van der Waals surface area contributed by atoms with E-state index in [1.807, 2.05) is 12.1 Å². The largest absolute Gasteiger partial charge is 0.392 e. The average molecular weight is 305 g/mol. The SMILES string of the molecule is OC(CSc1ccc(Cl)c(Cl)c1)CC1CCCC1. The molecule has 1 aliphatic rings. The minimum absolute atomic E-state index is 0.215. The van der Waals surface area contributed by atoms with E-state index in [0.29, 0.717) is 10.0 Å². The number of hydrogen-bond donors (Lipinski definition) is 1. The van der Waals surface area contributed by atoms with Crippen molar-refractivity contribution in [2.45, 2.75) is 43.1 Å². The molecule has 0 spiro atoms. The van der Waals surface area contributed by atoms with E-state index >= 15 is 0 Å². The first-order valence-electron chi connectivity index (χ1n) is 6.41. The highest BCUT2D eigenvalue weighted by molar-refractivity contribution is 7.99. The van der Waals surface area contributed by atoms with Gasteiger partial charge in [0.2, 0.25) is 0 Å². The topological polar surface area (TPSA) is 20.2 Å². The van der Waals surface area contributed by atoms with Crippen molar-refractivity contribution in [3.8, 4) is 0 Å². The maximum absolute atomic E-state index is 10.0. The maximum Gasteiger partial charge on any atom is 0.0636 e. The molecule has 1 N–H and O–H groups in total. The van der Waals surface area contributed by atoms with E-state index in [1.165, 1.54) is 25.7 Å². The van der Waals surface area contributed by atoms with Gasteiger partial charge < -0.3 is 5.11 Å². The monoisotopic (exact) mass is 304 g/mol. The minimum atomic E-state index is -0.215. The second-order valence-corrected chi connectivity index (χ2v) is 6.83. The van der Waals surface area contributed by atoms with Gasteiger partial charge >= 0.3 is 0 Å². The first-order valence-corrected chi connectivity index (χ1v) is 8.15. The number of benzene rings is 1. The Kier molecular flexibility index (Phi) is 5.68. The Morgan fingerprint density at radius 2 is 1.94 bits per heavy atom.